The van der Waals surface area contributed by atoms with Crippen LogP contribution in [0.4, 0.5) is 10.5 Å². The SMILES string of the molecule is O=C([O-])C[C@H](NC(=O)Nc1ccccc1)c1ccc(OC2CCCC2)cc1. The Morgan fingerprint density at radius 1 is 1.04 bits per heavy atom. The molecule has 2 aromatic carbocycles. The lowest BCUT2D eigenvalue weighted by atomic mass is 10.0. The smallest absolute Gasteiger partial charge is 0.319 e. The van der Waals surface area contributed by atoms with Crippen molar-refractivity contribution in [3.05, 3.63) is 60.2 Å². The zero-order valence-corrected chi connectivity index (χ0v) is 15.0. The summed E-state index contributed by atoms with van der Waals surface area (Å²) in [7, 11) is 0. The average molecular weight is 367 g/mol. The van der Waals surface area contributed by atoms with Gasteiger partial charge in [0.1, 0.15) is 5.75 Å². The van der Waals surface area contributed by atoms with Crippen LogP contribution in [0.1, 0.15) is 43.7 Å². The molecule has 27 heavy (non-hydrogen) atoms. The Morgan fingerprint density at radius 2 is 1.70 bits per heavy atom. The van der Waals surface area contributed by atoms with Crippen molar-refractivity contribution in [3.63, 3.8) is 0 Å². The molecular formula is C21H23N2O4-. The minimum Gasteiger partial charge on any atom is -0.550 e. The molecule has 3 rings (SSSR count). The second-order valence-electron chi connectivity index (χ2n) is 6.69. The largest absolute Gasteiger partial charge is 0.550 e. The van der Waals surface area contributed by atoms with Gasteiger partial charge in [0.15, 0.2) is 0 Å². The summed E-state index contributed by atoms with van der Waals surface area (Å²) in [6.45, 7) is 0. The molecule has 0 radical (unpaired) electrons. The molecule has 0 saturated heterocycles. The quantitative estimate of drug-likeness (QED) is 0.787. The van der Waals surface area contributed by atoms with Gasteiger partial charge in [-0.25, -0.2) is 4.79 Å². The van der Waals surface area contributed by atoms with E-state index < -0.39 is 18.0 Å². The van der Waals surface area contributed by atoms with Gasteiger partial charge in [0.25, 0.3) is 0 Å². The Kier molecular flexibility index (Phi) is 6.30. The van der Waals surface area contributed by atoms with Gasteiger partial charge >= 0.3 is 6.03 Å². The monoisotopic (exact) mass is 367 g/mol. The Balaban J connectivity index is 1.64. The zero-order chi connectivity index (χ0) is 19.1. The number of rotatable bonds is 7. The Labute approximate surface area is 158 Å². The predicted octanol–water partition coefficient (Wildman–Crippen LogP) is 3.01. The fraction of sp³-hybridized carbons (Fsp3) is 0.333. The average Bonchev–Trinajstić information content (AvgIpc) is 3.15. The number of carbonyl (C=O) groups is 2. The van der Waals surface area contributed by atoms with Crippen molar-refractivity contribution < 1.29 is 19.4 Å². The summed E-state index contributed by atoms with van der Waals surface area (Å²) >= 11 is 0. The number of carboxylic acids is 1. The first-order valence-corrected chi connectivity index (χ1v) is 9.19. The van der Waals surface area contributed by atoms with Crippen LogP contribution in [0, 0.1) is 0 Å². The third-order valence-electron chi connectivity index (χ3n) is 4.60. The molecule has 6 heteroatoms. The minimum atomic E-state index is -1.23. The molecule has 0 heterocycles. The van der Waals surface area contributed by atoms with Crippen molar-refractivity contribution in [2.75, 3.05) is 5.32 Å². The number of ether oxygens (including phenoxy) is 1. The van der Waals surface area contributed by atoms with Crippen LogP contribution in [0.2, 0.25) is 0 Å². The van der Waals surface area contributed by atoms with Gasteiger partial charge in [0.05, 0.1) is 12.1 Å². The first kappa shape index (κ1) is 18.8. The molecule has 0 aromatic heterocycles. The summed E-state index contributed by atoms with van der Waals surface area (Å²) in [6.07, 6.45) is 4.45. The number of aliphatic carboxylic acids is 1. The molecule has 1 atom stereocenters. The molecule has 0 unspecified atom stereocenters. The summed E-state index contributed by atoms with van der Waals surface area (Å²) in [5, 5.41) is 16.5. The van der Waals surface area contributed by atoms with Crippen LogP contribution in [-0.4, -0.2) is 18.1 Å². The third-order valence-corrected chi connectivity index (χ3v) is 4.60. The normalized spacial score (nSPS) is 15.1. The van der Waals surface area contributed by atoms with E-state index in [-0.39, 0.29) is 12.5 Å². The molecule has 1 saturated carbocycles. The van der Waals surface area contributed by atoms with Crippen molar-refractivity contribution in [1.82, 2.24) is 5.32 Å². The Morgan fingerprint density at radius 3 is 2.33 bits per heavy atom. The Hall–Kier alpha value is -3.02. The van der Waals surface area contributed by atoms with Crippen LogP contribution in [0.5, 0.6) is 5.75 Å². The third kappa shape index (κ3) is 5.74. The molecule has 6 nitrogen and oxygen atoms in total. The predicted molar refractivity (Wildman–Crippen MR) is 100 cm³/mol. The van der Waals surface area contributed by atoms with Crippen LogP contribution in [0.15, 0.2) is 54.6 Å². The number of nitrogens with one attached hydrogen (secondary N) is 2. The van der Waals surface area contributed by atoms with E-state index in [0.717, 1.165) is 18.6 Å². The van der Waals surface area contributed by atoms with Crippen molar-refractivity contribution in [3.8, 4) is 5.75 Å². The summed E-state index contributed by atoms with van der Waals surface area (Å²) < 4.78 is 5.92. The van der Waals surface area contributed by atoms with Crippen LogP contribution >= 0.6 is 0 Å². The lowest BCUT2D eigenvalue weighted by Gasteiger charge is -2.21. The highest BCUT2D eigenvalue weighted by atomic mass is 16.5. The van der Waals surface area contributed by atoms with E-state index in [2.05, 4.69) is 10.6 Å². The highest BCUT2D eigenvalue weighted by Crippen LogP contribution is 2.26. The second kappa shape index (κ2) is 9.07. The number of para-hydroxylation sites is 1. The molecule has 0 aliphatic heterocycles. The standard InChI is InChI=1S/C21H24N2O4/c24-20(25)14-19(23-21(26)22-16-6-2-1-3-7-16)15-10-12-18(13-11-15)27-17-8-4-5-9-17/h1-3,6-7,10-13,17,19H,4-5,8-9,14H2,(H,24,25)(H2,22,23,26)/p-1/t19-/m0/s1. The van der Waals surface area contributed by atoms with Crippen molar-refractivity contribution in [1.29, 1.82) is 0 Å². The van der Waals surface area contributed by atoms with E-state index in [4.69, 9.17) is 4.74 Å². The number of hydrogen-bond donors (Lipinski definition) is 2. The van der Waals surface area contributed by atoms with Crippen molar-refractivity contribution in [2.45, 2.75) is 44.2 Å². The van der Waals surface area contributed by atoms with Crippen molar-refractivity contribution >= 4 is 17.7 Å². The lowest BCUT2D eigenvalue weighted by Crippen LogP contribution is -2.36. The number of carboxylic acid groups (broad SMARTS) is 1. The van der Waals surface area contributed by atoms with Gasteiger partial charge in [0.2, 0.25) is 0 Å². The number of carbonyl (C=O) groups excluding carboxylic acids is 2. The van der Waals surface area contributed by atoms with E-state index >= 15 is 0 Å². The molecule has 2 amide bonds. The maximum Gasteiger partial charge on any atom is 0.319 e. The molecule has 0 spiro atoms. The first-order valence-electron chi connectivity index (χ1n) is 9.19. The minimum absolute atomic E-state index is 0.254. The number of hydrogen-bond acceptors (Lipinski definition) is 4. The van der Waals surface area contributed by atoms with Gasteiger partial charge in [0, 0.05) is 18.1 Å². The van der Waals surface area contributed by atoms with E-state index in [9.17, 15) is 14.7 Å². The van der Waals surface area contributed by atoms with Crippen molar-refractivity contribution in [2.24, 2.45) is 0 Å². The summed E-state index contributed by atoms with van der Waals surface area (Å²) in [6, 6.07) is 15.0. The van der Waals surface area contributed by atoms with Crippen LogP contribution in [0.25, 0.3) is 0 Å². The number of urea groups is 1. The van der Waals surface area contributed by atoms with Gasteiger partial charge in [-0.3, -0.25) is 0 Å². The van der Waals surface area contributed by atoms with E-state index in [1.807, 2.05) is 18.2 Å². The summed E-state index contributed by atoms with van der Waals surface area (Å²) in [4.78, 5) is 23.3. The van der Waals surface area contributed by atoms with Gasteiger partial charge in [-0.1, -0.05) is 30.3 Å². The highest BCUT2D eigenvalue weighted by molar-refractivity contribution is 5.89. The molecule has 2 aromatic rings. The van der Waals surface area contributed by atoms with Gasteiger partial charge < -0.3 is 25.3 Å². The number of benzene rings is 2. The number of amides is 2. The summed E-state index contributed by atoms with van der Waals surface area (Å²) in [5.41, 5.74) is 1.31. The summed E-state index contributed by atoms with van der Waals surface area (Å²) in [5.74, 6) is -0.474. The highest BCUT2D eigenvalue weighted by Gasteiger charge is 2.18. The zero-order valence-electron chi connectivity index (χ0n) is 15.0. The number of anilines is 1. The fourth-order valence-corrected chi connectivity index (χ4v) is 3.24. The van der Waals surface area contributed by atoms with Crippen LogP contribution in [0.3, 0.4) is 0 Å². The maximum atomic E-state index is 12.2. The molecule has 2 N–H and O–H groups in total. The lowest BCUT2D eigenvalue weighted by molar-refractivity contribution is -0.306. The molecule has 1 aliphatic carbocycles. The topological polar surface area (TPSA) is 90.5 Å². The Bertz CT molecular complexity index is 756. The van der Waals surface area contributed by atoms with E-state index in [0.29, 0.717) is 11.3 Å². The molecule has 0 bridgehead atoms. The van der Waals surface area contributed by atoms with E-state index in [1.54, 1.807) is 36.4 Å². The molecule has 1 aliphatic rings. The second-order valence-corrected chi connectivity index (χ2v) is 6.69. The molecular weight excluding hydrogens is 344 g/mol. The molecule has 1 fully saturated rings. The first-order chi connectivity index (χ1) is 13.1. The van der Waals surface area contributed by atoms with Crippen LogP contribution in [-0.2, 0) is 4.79 Å². The van der Waals surface area contributed by atoms with Gasteiger partial charge in [-0.05, 0) is 55.5 Å². The van der Waals surface area contributed by atoms with Gasteiger partial charge in [-0.2, -0.15) is 0 Å². The van der Waals surface area contributed by atoms with Gasteiger partial charge in [-0.15, -0.1) is 0 Å². The fourth-order valence-electron chi connectivity index (χ4n) is 3.24. The molecule has 142 valence electrons. The maximum absolute atomic E-state index is 12.2. The van der Waals surface area contributed by atoms with Crippen LogP contribution < -0.4 is 20.5 Å². The van der Waals surface area contributed by atoms with E-state index in [1.165, 1.54) is 12.8 Å².